The molecular weight excluding hydrogens is 512 g/mol. The van der Waals surface area contributed by atoms with E-state index < -0.39 is 5.54 Å². The van der Waals surface area contributed by atoms with Gasteiger partial charge in [0.15, 0.2) is 5.17 Å². The van der Waals surface area contributed by atoms with Crippen molar-refractivity contribution in [3.05, 3.63) is 58.7 Å². The van der Waals surface area contributed by atoms with Crippen LogP contribution in [0.1, 0.15) is 37.7 Å². The summed E-state index contributed by atoms with van der Waals surface area (Å²) in [7, 11) is 3.08. The SMILES string of the molecule is COc1ccc(/C=C2\N=C(SCC(=O)NC3(C#N)CCCCC3)N(c3ccc(Cl)c(OC)c3)C2=O)cc1. The van der Waals surface area contributed by atoms with E-state index in [4.69, 9.17) is 21.1 Å². The van der Waals surface area contributed by atoms with E-state index in [1.165, 1.54) is 12.0 Å². The molecule has 0 spiro atoms. The number of amides is 2. The number of rotatable bonds is 7. The van der Waals surface area contributed by atoms with Crippen LogP contribution in [0, 0.1) is 11.3 Å². The average molecular weight is 539 g/mol. The van der Waals surface area contributed by atoms with Crippen LogP contribution in [0.5, 0.6) is 11.5 Å². The summed E-state index contributed by atoms with van der Waals surface area (Å²) in [6.07, 6.45) is 5.86. The number of aliphatic imine (C=N–C) groups is 1. The molecule has 0 saturated heterocycles. The molecule has 0 unspecified atom stereocenters. The number of ether oxygens (including phenoxy) is 2. The second-order valence-corrected chi connectivity index (χ2v) is 10.1. The summed E-state index contributed by atoms with van der Waals surface area (Å²) in [5.74, 6) is 0.504. The van der Waals surface area contributed by atoms with Gasteiger partial charge in [-0.2, -0.15) is 5.26 Å². The third-order valence-electron chi connectivity index (χ3n) is 6.27. The third kappa shape index (κ3) is 6.09. The molecule has 2 aliphatic rings. The summed E-state index contributed by atoms with van der Waals surface area (Å²) in [6.45, 7) is 0. The molecule has 1 saturated carbocycles. The Bertz CT molecular complexity index is 1280. The molecule has 2 aromatic carbocycles. The zero-order chi connectivity index (χ0) is 26.4. The van der Waals surface area contributed by atoms with Crippen LogP contribution in [-0.2, 0) is 9.59 Å². The van der Waals surface area contributed by atoms with Crippen molar-refractivity contribution >= 4 is 52.1 Å². The number of methoxy groups -OCH3 is 2. The van der Waals surface area contributed by atoms with Gasteiger partial charge in [-0.15, -0.1) is 0 Å². The first-order valence-corrected chi connectivity index (χ1v) is 13.2. The van der Waals surface area contributed by atoms with E-state index in [1.807, 2.05) is 12.1 Å². The molecule has 4 rings (SSSR count). The average Bonchev–Trinajstić information content (AvgIpc) is 3.23. The Balaban J connectivity index is 1.59. The van der Waals surface area contributed by atoms with Crippen LogP contribution >= 0.6 is 23.4 Å². The molecule has 1 heterocycles. The Morgan fingerprint density at radius 1 is 1.19 bits per heavy atom. The predicted octanol–water partition coefficient (Wildman–Crippen LogP) is 5.18. The number of benzene rings is 2. The highest BCUT2D eigenvalue weighted by atomic mass is 35.5. The molecule has 8 nitrogen and oxygen atoms in total. The van der Waals surface area contributed by atoms with Crippen molar-refractivity contribution in [3.8, 4) is 17.6 Å². The fourth-order valence-corrected chi connectivity index (χ4v) is 5.33. The van der Waals surface area contributed by atoms with Gasteiger partial charge in [0, 0.05) is 6.07 Å². The Labute approximate surface area is 225 Å². The van der Waals surface area contributed by atoms with Gasteiger partial charge >= 0.3 is 0 Å². The second kappa shape index (κ2) is 11.7. The lowest BCUT2D eigenvalue weighted by Crippen LogP contribution is -2.49. The van der Waals surface area contributed by atoms with Crippen molar-refractivity contribution in [2.75, 3.05) is 24.9 Å². The van der Waals surface area contributed by atoms with Crippen LogP contribution in [0.15, 0.2) is 53.2 Å². The molecule has 1 fully saturated rings. The Kier molecular flexibility index (Phi) is 8.41. The first-order chi connectivity index (χ1) is 17.9. The maximum absolute atomic E-state index is 13.5. The van der Waals surface area contributed by atoms with Crippen LogP contribution in [-0.4, -0.2) is 42.5 Å². The highest BCUT2D eigenvalue weighted by Crippen LogP contribution is 2.35. The Morgan fingerprint density at radius 3 is 2.57 bits per heavy atom. The van der Waals surface area contributed by atoms with Crippen LogP contribution < -0.4 is 19.7 Å². The lowest BCUT2D eigenvalue weighted by atomic mass is 9.83. The van der Waals surface area contributed by atoms with Gasteiger partial charge in [0.05, 0.1) is 36.8 Å². The van der Waals surface area contributed by atoms with Gasteiger partial charge < -0.3 is 14.8 Å². The maximum Gasteiger partial charge on any atom is 0.283 e. The highest BCUT2D eigenvalue weighted by molar-refractivity contribution is 8.14. The minimum Gasteiger partial charge on any atom is -0.497 e. The van der Waals surface area contributed by atoms with Gasteiger partial charge in [-0.25, -0.2) is 4.99 Å². The number of halogens is 1. The molecule has 0 radical (unpaired) electrons. The topological polar surface area (TPSA) is 104 Å². The molecule has 1 N–H and O–H groups in total. The minimum absolute atomic E-state index is 0.00653. The van der Waals surface area contributed by atoms with E-state index in [-0.39, 0.29) is 23.3 Å². The quantitative estimate of drug-likeness (QED) is 0.487. The van der Waals surface area contributed by atoms with Gasteiger partial charge in [-0.05, 0) is 48.7 Å². The van der Waals surface area contributed by atoms with Crippen molar-refractivity contribution in [1.29, 1.82) is 5.26 Å². The van der Waals surface area contributed by atoms with Gasteiger partial charge in [0.25, 0.3) is 5.91 Å². The van der Waals surface area contributed by atoms with E-state index >= 15 is 0 Å². The molecule has 10 heteroatoms. The van der Waals surface area contributed by atoms with Crippen LogP contribution in [0.25, 0.3) is 6.08 Å². The summed E-state index contributed by atoms with van der Waals surface area (Å²) in [4.78, 5) is 32.3. The summed E-state index contributed by atoms with van der Waals surface area (Å²) >= 11 is 7.33. The zero-order valence-corrected chi connectivity index (χ0v) is 22.2. The molecule has 37 heavy (non-hydrogen) atoms. The summed E-state index contributed by atoms with van der Waals surface area (Å²) in [5.41, 5.74) is 0.685. The predicted molar refractivity (Wildman–Crippen MR) is 146 cm³/mol. The van der Waals surface area contributed by atoms with Crippen LogP contribution in [0.4, 0.5) is 5.69 Å². The second-order valence-electron chi connectivity index (χ2n) is 8.75. The number of nitriles is 1. The lowest BCUT2D eigenvalue weighted by molar-refractivity contribution is -0.120. The van der Waals surface area contributed by atoms with Crippen molar-refractivity contribution < 1.29 is 19.1 Å². The van der Waals surface area contributed by atoms with Crippen LogP contribution in [0.2, 0.25) is 5.02 Å². The summed E-state index contributed by atoms with van der Waals surface area (Å²) in [5, 5.41) is 13.4. The van der Waals surface area contributed by atoms with Crippen molar-refractivity contribution in [2.24, 2.45) is 4.99 Å². The van der Waals surface area contributed by atoms with Crippen molar-refractivity contribution in [1.82, 2.24) is 5.32 Å². The molecule has 0 aromatic heterocycles. The number of nitrogens with one attached hydrogen (secondary N) is 1. The standard InChI is InChI=1S/C27H27ClN4O4S/c1-35-20-9-6-18(7-10-20)14-22-25(34)32(19-8-11-21(28)23(15-19)36-2)26(30-22)37-16-24(33)31-27(17-29)12-4-3-5-13-27/h6-11,14-15H,3-5,12-13,16H2,1-2H3,(H,31,33)/b22-14-. The Morgan fingerprint density at radius 2 is 1.92 bits per heavy atom. The number of nitrogens with zero attached hydrogens (tertiary/aromatic N) is 3. The summed E-state index contributed by atoms with van der Waals surface area (Å²) in [6, 6.07) is 14.5. The molecule has 0 atom stereocenters. The molecule has 1 aliphatic carbocycles. The zero-order valence-electron chi connectivity index (χ0n) is 20.6. The minimum atomic E-state index is -0.828. The number of carbonyl (C=O) groups excluding carboxylic acids is 2. The number of thioether (sulfide) groups is 1. The molecule has 0 bridgehead atoms. The van der Waals surface area contributed by atoms with Gasteiger partial charge in [-0.1, -0.05) is 54.8 Å². The monoisotopic (exact) mass is 538 g/mol. The number of anilines is 1. The van der Waals surface area contributed by atoms with E-state index in [2.05, 4.69) is 16.4 Å². The fourth-order valence-electron chi connectivity index (χ4n) is 4.32. The first-order valence-electron chi connectivity index (χ1n) is 11.9. The first kappa shape index (κ1) is 26.6. The van der Waals surface area contributed by atoms with Gasteiger partial charge in [0.1, 0.15) is 22.7 Å². The smallest absolute Gasteiger partial charge is 0.283 e. The summed E-state index contributed by atoms with van der Waals surface area (Å²) < 4.78 is 10.5. The molecule has 2 amide bonds. The highest BCUT2D eigenvalue weighted by Gasteiger charge is 2.35. The normalized spacial score (nSPS) is 17.8. The molecule has 2 aromatic rings. The lowest BCUT2D eigenvalue weighted by Gasteiger charge is -2.31. The van der Waals surface area contributed by atoms with E-state index in [9.17, 15) is 14.9 Å². The van der Waals surface area contributed by atoms with E-state index in [1.54, 1.807) is 43.5 Å². The largest absolute Gasteiger partial charge is 0.497 e. The number of hydrogen-bond acceptors (Lipinski definition) is 7. The van der Waals surface area contributed by atoms with Crippen molar-refractivity contribution in [2.45, 2.75) is 37.6 Å². The number of amidine groups is 1. The van der Waals surface area contributed by atoms with E-state index in [0.717, 1.165) is 36.6 Å². The van der Waals surface area contributed by atoms with Gasteiger partial charge in [-0.3, -0.25) is 14.5 Å². The van der Waals surface area contributed by atoms with Crippen molar-refractivity contribution in [3.63, 3.8) is 0 Å². The number of carbonyl (C=O) groups is 2. The third-order valence-corrected chi connectivity index (χ3v) is 7.52. The Hall–Kier alpha value is -3.48. The molecule has 1 aliphatic heterocycles. The van der Waals surface area contributed by atoms with E-state index in [0.29, 0.717) is 40.2 Å². The fraction of sp³-hybridized carbons (Fsp3) is 0.333. The van der Waals surface area contributed by atoms with Crippen LogP contribution in [0.3, 0.4) is 0 Å². The molecule has 192 valence electrons. The molecular formula is C27H27ClN4O4S. The number of hydrogen-bond donors (Lipinski definition) is 1. The van der Waals surface area contributed by atoms with Gasteiger partial charge in [0.2, 0.25) is 5.91 Å². The maximum atomic E-state index is 13.5.